The van der Waals surface area contributed by atoms with Crippen LogP contribution in [0.3, 0.4) is 0 Å². The number of aliphatic hydroxyl groups excluding tert-OH is 1. The van der Waals surface area contributed by atoms with Crippen molar-refractivity contribution >= 4 is 11.3 Å². The fourth-order valence-corrected chi connectivity index (χ4v) is 4.17. The third-order valence-corrected chi connectivity index (χ3v) is 5.54. The zero-order valence-electron chi connectivity index (χ0n) is 13.9. The van der Waals surface area contributed by atoms with Gasteiger partial charge in [0, 0.05) is 23.5 Å². The van der Waals surface area contributed by atoms with Gasteiger partial charge in [-0.15, -0.1) is 11.3 Å². The number of aliphatic hydroxyl groups is 1. The van der Waals surface area contributed by atoms with E-state index in [1.165, 1.54) is 4.88 Å². The van der Waals surface area contributed by atoms with E-state index in [0.29, 0.717) is 30.4 Å². The fraction of sp³-hybridized carbons (Fsp3) is 0.333. The molecule has 0 radical (unpaired) electrons. The molecule has 7 nitrogen and oxygen atoms in total. The third kappa shape index (κ3) is 2.86. The lowest BCUT2D eigenvalue weighted by Gasteiger charge is -2.20. The van der Waals surface area contributed by atoms with E-state index in [4.69, 9.17) is 14.0 Å². The Morgan fingerprint density at radius 1 is 1.23 bits per heavy atom. The zero-order valence-corrected chi connectivity index (χ0v) is 14.7. The van der Waals surface area contributed by atoms with Crippen LogP contribution in [0.25, 0.3) is 11.4 Å². The maximum absolute atomic E-state index is 10.1. The molecule has 2 aliphatic heterocycles. The minimum absolute atomic E-state index is 0.0811. The summed E-state index contributed by atoms with van der Waals surface area (Å²) in [6, 6.07) is 9.63. The lowest BCUT2D eigenvalue weighted by atomic mass is 10.2. The molecular weight excluding hydrogens is 354 g/mol. The van der Waals surface area contributed by atoms with Gasteiger partial charge in [0.15, 0.2) is 11.5 Å². The van der Waals surface area contributed by atoms with Crippen molar-refractivity contribution in [2.75, 3.05) is 13.3 Å². The Bertz CT molecular complexity index is 911. The van der Waals surface area contributed by atoms with E-state index in [2.05, 4.69) is 26.5 Å². The van der Waals surface area contributed by atoms with Crippen LogP contribution < -0.4 is 9.47 Å². The summed E-state index contributed by atoms with van der Waals surface area (Å²) in [5.74, 6) is 2.45. The lowest BCUT2D eigenvalue weighted by molar-refractivity contribution is 0.170. The summed E-state index contributed by atoms with van der Waals surface area (Å²) >= 11 is 1.71. The number of hydrogen-bond acceptors (Lipinski definition) is 8. The number of thiophene rings is 1. The Labute approximate surface area is 153 Å². The Kier molecular flexibility index (Phi) is 3.88. The van der Waals surface area contributed by atoms with Crippen molar-refractivity contribution < 1.29 is 19.1 Å². The van der Waals surface area contributed by atoms with Crippen LogP contribution in [0, 0.1) is 0 Å². The fourth-order valence-electron chi connectivity index (χ4n) is 3.44. The van der Waals surface area contributed by atoms with E-state index in [-0.39, 0.29) is 18.9 Å². The zero-order chi connectivity index (χ0) is 17.5. The SMILES string of the molecule is O[C@@H]1C[C@@H](c2nc(-c3ccc4c(c3)OCO4)no2)N(Cc2cccs2)C1. The van der Waals surface area contributed by atoms with Gasteiger partial charge >= 0.3 is 0 Å². The first-order valence-electron chi connectivity index (χ1n) is 8.44. The van der Waals surface area contributed by atoms with E-state index in [0.717, 1.165) is 17.9 Å². The summed E-state index contributed by atoms with van der Waals surface area (Å²) < 4.78 is 16.3. The highest BCUT2D eigenvalue weighted by molar-refractivity contribution is 7.09. The predicted octanol–water partition coefficient (Wildman–Crippen LogP) is 2.83. The average Bonchev–Trinajstić information content (AvgIpc) is 3.42. The summed E-state index contributed by atoms with van der Waals surface area (Å²) in [6.07, 6.45) is 0.203. The molecule has 0 saturated carbocycles. The van der Waals surface area contributed by atoms with Gasteiger partial charge in [-0.2, -0.15) is 4.98 Å². The molecule has 2 atom stereocenters. The van der Waals surface area contributed by atoms with Gasteiger partial charge in [0.2, 0.25) is 18.5 Å². The van der Waals surface area contributed by atoms with Crippen LogP contribution in [0.2, 0.25) is 0 Å². The molecule has 5 rings (SSSR count). The Morgan fingerprint density at radius 2 is 2.15 bits per heavy atom. The van der Waals surface area contributed by atoms with Gasteiger partial charge in [0.1, 0.15) is 0 Å². The molecule has 1 saturated heterocycles. The second kappa shape index (κ2) is 6.39. The van der Waals surface area contributed by atoms with Gasteiger partial charge in [-0.1, -0.05) is 11.2 Å². The highest BCUT2D eigenvalue weighted by Gasteiger charge is 2.36. The van der Waals surface area contributed by atoms with Crippen LogP contribution in [0.1, 0.15) is 23.2 Å². The first-order chi connectivity index (χ1) is 12.8. The van der Waals surface area contributed by atoms with Gasteiger partial charge in [-0.25, -0.2) is 0 Å². The highest BCUT2D eigenvalue weighted by Crippen LogP contribution is 2.37. The van der Waals surface area contributed by atoms with Crippen LogP contribution in [0.15, 0.2) is 40.2 Å². The van der Waals surface area contributed by atoms with E-state index < -0.39 is 0 Å². The molecule has 0 amide bonds. The number of β-amino-alcohol motifs (C(OH)–C–C–N with tert-alkyl or cyclic N) is 1. The largest absolute Gasteiger partial charge is 0.454 e. The van der Waals surface area contributed by atoms with Crippen LogP contribution in [-0.2, 0) is 6.54 Å². The number of hydrogen-bond donors (Lipinski definition) is 1. The molecule has 0 aliphatic carbocycles. The first kappa shape index (κ1) is 15.8. The van der Waals surface area contributed by atoms with Gasteiger partial charge in [-0.3, -0.25) is 4.90 Å². The molecule has 0 spiro atoms. The van der Waals surface area contributed by atoms with Crippen LogP contribution >= 0.6 is 11.3 Å². The van der Waals surface area contributed by atoms with Crippen molar-refractivity contribution in [1.82, 2.24) is 15.0 Å². The molecular formula is C18H17N3O4S. The Morgan fingerprint density at radius 3 is 3.04 bits per heavy atom. The number of rotatable bonds is 4. The maximum atomic E-state index is 10.1. The van der Waals surface area contributed by atoms with Crippen molar-refractivity contribution in [3.63, 3.8) is 0 Å². The molecule has 3 aromatic rings. The van der Waals surface area contributed by atoms with Crippen LogP contribution in [-0.4, -0.2) is 39.6 Å². The smallest absolute Gasteiger partial charge is 0.244 e. The standard InChI is InChI=1S/C18H17N3O4S/c22-12-7-14(21(8-12)9-13-2-1-5-26-13)18-19-17(20-25-18)11-3-4-15-16(6-11)24-10-23-15/h1-6,12,14,22H,7-10H2/t12-,14+/m1/s1. The van der Waals surface area contributed by atoms with Gasteiger partial charge in [0.05, 0.1) is 12.1 Å². The van der Waals surface area contributed by atoms with E-state index in [1.54, 1.807) is 11.3 Å². The number of benzene rings is 1. The number of ether oxygens (including phenoxy) is 2. The van der Waals surface area contributed by atoms with Crippen molar-refractivity contribution in [3.05, 3.63) is 46.5 Å². The molecule has 2 aliphatic rings. The Balaban J connectivity index is 1.40. The third-order valence-electron chi connectivity index (χ3n) is 4.68. The molecule has 26 heavy (non-hydrogen) atoms. The quantitative estimate of drug-likeness (QED) is 0.755. The molecule has 4 heterocycles. The normalized spacial score (nSPS) is 22.2. The maximum Gasteiger partial charge on any atom is 0.244 e. The highest BCUT2D eigenvalue weighted by atomic mass is 32.1. The summed E-state index contributed by atoms with van der Waals surface area (Å²) in [5.41, 5.74) is 0.813. The van der Waals surface area contributed by atoms with Crippen molar-refractivity contribution in [2.24, 2.45) is 0 Å². The predicted molar refractivity (Wildman–Crippen MR) is 94.0 cm³/mol. The molecule has 2 aromatic heterocycles. The molecule has 1 fully saturated rings. The van der Waals surface area contributed by atoms with Crippen molar-refractivity contribution in [1.29, 1.82) is 0 Å². The molecule has 8 heteroatoms. The molecule has 0 bridgehead atoms. The minimum Gasteiger partial charge on any atom is -0.454 e. The number of nitrogens with zero attached hydrogens (tertiary/aromatic N) is 3. The van der Waals surface area contributed by atoms with Crippen molar-refractivity contribution in [3.8, 4) is 22.9 Å². The van der Waals surface area contributed by atoms with Crippen LogP contribution in [0.4, 0.5) is 0 Å². The van der Waals surface area contributed by atoms with E-state index in [9.17, 15) is 5.11 Å². The van der Waals surface area contributed by atoms with E-state index >= 15 is 0 Å². The second-order valence-electron chi connectivity index (χ2n) is 6.44. The lowest BCUT2D eigenvalue weighted by Crippen LogP contribution is -2.24. The topological polar surface area (TPSA) is 80.9 Å². The van der Waals surface area contributed by atoms with E-state index in [1.807, 2.05) is 24.3 Å². The molecule has 1 N–H and O–H groups in total. The number of aromatic nitrogens is 2. The first-order valence-corrected chi connectivity index (χ1v) is 9.32. The Hall–Kier alpha value is -2.42. The van der Waals surface area contributed by atoms with Crippen LogP contribution in [0.5, 0.6) is 11.5 Å². The monoisotopic (exact) mass is 371 g/mol. The van der Waals surface area contributed by atoms with Gasteiger partial charge in [0.25, 0.3) is 0 Å². The van der Waals surface area contributed by atoms with Gasteiger partial charge in [-0.05, 0) is 36.1 Å². The summed E-state index contributed by atoms with van der Waals surface area (Å²) in [4.78, 5) is 8.02. The molecule has 0 unspecified atom stereocenters. The average molecular weight is 371 g/mol. The summed E-state index contributed by atoms with van der Waals surface area (Å²) in [7, 11) is 0. The van der Waals surface area contributed by atoms with Gasteiger partial charge < -0.3 is 19.1 Å². The molecule has 1 aromatic carbocycles. The van der Waals surface area contributed by atoms with Crippen molar-refractivity contribution in [2.45, 2.75) is 25.1 Å². The summed E-state index contributed by atoms with van der Waals surface area (Å²) in [6.45, 7) is 1.60. The molecule has 134 valence electrons. The summed E-state index contributed by atoms with van der Waals surface area (Å²) in [5, 5.41) is 16.3. The number of fused-ring (bicyclic) bond motifs is 1. The second-order valence-corrected chi connectivity index (χ2v) is 7.47. The number of likely N-dealkylation sites (tertiary alicyclic amines) is 1. The minimum atomic E-state index is -0.388.